The van der Waals surface area contributed by atoms with E-state index in [1.165, 1.54) is 116 Å². The molecule has 1 unspecified atom stereocenters. The molecule has 0 aromatic rings. The Labute approximate surface area is 402 Å². The summed E-state index contributed by atoms with van der Waals surface area (Å²) in [5.41, 5.74) is 0. The van der Waals surface area contributed by atoms with E-state index in [2.05, 4.69) is 93.7 Å². The molecule has 0 spiro atoms. The number of ether oxygens (including phenoxy) is 3. The van der Waals surface area contributed by atoms with E-state index in [0.29, 0.717) is 19.3 Å². The van der Waals surface area contributed by atoms with Crippen LogP contribution in [0.4, 0.5) is 0 Å². The van der Waals surface area contributed by atoms with Gasteiger partial charge in [0.25, 0.3) is 0 Å². The van der Waals surface area contributed by atoms with E-state index < -0.39 is 6.10 Å². The van der Waals surface area contributed by atoms with Crippen LogP contribution in [0.1, 0.15) is 265 Å². The van der Waals surface area contributed by atoms with Gasteiger partial charge in [0.05, 0.1) is 0 Å². The van der Waals surface area contributed by atoms with E-state index in [4.69, 9.17) is 14.2 Å². The third kappa shape index (κ3) is 51.7. The molecule has 6 nitrogen and oxygen atoms in total. The van der Waals surface area contributed by atoms with Crippen molar-refractivity contribution < 1.29 is 28.6 Å². The van der Waals surface area contributed by atoms with Crippen LogP contribution in [0.3, 0.4) is 0 Å². The summed E-state index contributed by atoms with van der Waals surface area (Å²) in [5, 5.41) is 0. The quantitative estimate of drug-likeness (QED) is 0.0262. The molecule has 0 aromatic carbocycles. The van der Waals surface area contributed by atoms with Gasteiger partial charge in [-0.15, -0.1) is 0 Å². The zero-order chi connectivity index (χ0) is 47.2. The van der Waals surface area contributed by atoms with Crippen molar-refractivity contribution in [2.45, 2.75) is 271 Å². The lowest BCUT2D eigenvalue weighted by Gasteiger charge is -2.18. The van der Waals surface area contributed by atoms with Gasteiger partial charge >= 0.3 is 17.9 Å². The predicted octanol–water partition coefficient (Wildman–Crippen LogP) is 18.2. The predicted molar refractivity (Wildman–Crippen MR) is 279 cm³/mol. The highest BCUT2D eigenvalue weighted by Gasteiger charge is 2.19. The fourth-order valence-corrected chi connectivity index (χ4v) is 7.62. The maximum absolute atomic E-state index is 12.8. The van der Waals surface area contributed by atoms with Crippen molar-refractivity contribution in [3.8, 4) is 0 Å². The molecule has 1 atom stereocenters. The molecule has 0 aliphatic rings. The molecule has 0 rings (SSSR count). The number of carbonyl (C=O) groups excluding carboxylic acids is 3. The van der Waals surface area contributed by atoms with Gasteiger partial charge in [0.1, 0.15) is 13.2 Å². The van der Waals surface area contributed by atoms with Crippen molar-refractivity contribution in [2.24, 2.45) is 0 Å². The lowest BCUT2D eigenvalue weighted by Crippen LogP contribution is -2.30. The van der Waals surface area contributed by atoms with Gasteiger partial charge in [0, 0.05) is 19.3 Å². The number of carbonyl (C=O) groups is 3. The first-order valence-electron chi connectivity index (χ1n) is 27.4. The molecule has 0 heterocycles. The van der Waals surface area contributed by atoms with Crippen molar-refractivity contribution in [1.29, 1.82) is 0 Å². The molecule has 65 heavy (non-hydrogen) atoms. The topological polar surface area (TPSA) is 78.9 Å². The fourth-order valence-electron chi connectivity index (χ4n) is 7.62. The summed E-state index contributed by atoms with van der Waals surface area (Å²) in [5.74, 6) is -0.901. The molecule has 0 fully saturated rings. The first-order chi connectivity index (χ1) is 32.0. The van der Waals surface area contributed by atoms with Crippen molar-refractivity contribution >= 4 is 17.9 Å². The first kappa shape index (κ1) is 61.9. The maximum atomic E-state index is 12.8. The summed E-state index contributed by atoms with van der Waals surface area (Å²) in [4.78, 5) is 37.7. The van der Waals surface area contributed by atoms with Gasteiger partial charge in [-0.1, -0.05) is 248 Å². The summed E-state index contributed by atoms with van der Waals surface area (Å²) in [7, 11) is 0. The highest BCUT2D eigenvalue weighted by atomic mass is 16.6. The maximum Gasteiger partial charge on any atom is 0.306 e. The van der Waals surface area contributed by atoms with Gasteiger partial charge in [0.2, 0.25) is 0 Å². The van der Waals surface area contributed by atoms with Crippen LogP contribution in [0.2, 0.25) is 0 Å². The fraction of sp³-hybridized carbons (Fsp3) is 0.746. The Balaban J connectivity index is 4.15. The molecule has 0 radical (unpaired) electrons. The Morgan fingerprint density at radius 3 is 0.938 bits per heavy atom. The van der Waals surface area contributed by atoms with Crippen LogP contribution in [0.15, 0.2) is 72.9 Å². The Morgan fingerprint density at radius 2 is 0.600 bits per heavy atom. The summed E-state index contributed by atoms with van der Waals surface area (Å²) >= 11 is 0. The van der Waals surface area contributed by atoms with Crippen LogP contribution in [0.5, 0.6) is 0 Å². The largest absolute Gasteiger partial charge is 0.462 e. The number of unbranched alkanes of at least 4 members (excludes halogenated alkanes) is 26. The summed E-state index contributed by atoms with van der Waals surface area (Å²) in [6.07, 6.45) is 67.9. The normalized spacial score (nSPS) is 12.6. The minimum Gasteiger partial charge on any atom is -0.462 e. The Kier molecular flexibility index (Phi) is 50.9. The molecule has 0 bridgehead atoms. The third-order valence-corrected chi connectivity index (χ3v) is 11.7. The van der Waals surface area contributed by atoms with Crippen LogP contribution in [-0.2, 0) is 28.6 Å². The number of allylic oxidation sites excluding steroid dienone is 12. The monoisotopic (exact) mass is 907 g/mol. The van der Waals surface area contributed by atoms with E-state index in [1.54, 1.807) is 0 Å². The Morgan fingerprint density at radius 1 is 0.323 bits per heavy atom. The average molecular weight is 907 g/mol. The average Bonchev–Trinajstić information content (AvgIpc) is 3.30. The van der Waals surface area contributed by atoms with Crippen molar-refractivity contribution in [2.75, 3.05) is 13.2 Å². The molecular formula is C59H102O6. The van der Waals surface area contributed by atoms with Crippen molar-refractivity contribution in [3.05, 3.63) is 72.9 Å². The standard InChI is InChI=1S/C59H102O6/c1-4-7-10-13-15-17-19-21-23-25-26-27-28-29-30-31-32-34-35-37-39-41-43-46-49-52-58(61)64-55-56(54-63-57(60)51-48-45-12-9-6-3)65-59(62)53-50-47-44-42-40-38-36-33-24-22-20-18-16-14-11-8-5-2/h7,10,15,17,21,23,26-27,29-30,32,34,56H,4-6,8-9,11-14,16,18-20,22,24-25,28,31,33,35-55H2,1-3H3/b10-7-,17-15-,23-21-,27-26-,30-29-,34-32-. The van der Waals surface area contributed by atoms with Gasteiger partial charge in [-0.3, -0.25) is 14.4 Å². The van der Waals surface area contributed by atoms with Gasteiger partial charge in [-0.05, 0) is 70.6 Å². The van der Waals surface area contributed by atoms with Crippen LogP contribution in [0, 0.1) is 0 Å². The smallest absolute Gasteiger partial charge is 0.306 e. The zero-order valence-corrected chi connectivity index (χ0v) is 42.7. The van der Waals surface area contributed by atoms with Crippen molar-refractivity contribution in [3.63, 3.8) is 0 Å². The molecule has 0 aromatic heterocycles. The zero-order valence-electron chi connectivity index (χ0n) is 42.7. The van der Waals surface area contributed by atoms with Crippen LogP contribution >= 0.6 is 0 Å². The molecule has 0 N–H and O–H groups in total. The van der Waals surface area contributed by atoms with Crippen LogP contribution in [0.25, 0.3) is 0 Å². The van der Waals surface area contributed by atoms with Gasteiger partial charge < -0.3 is 14.2 Å². The lowest BCUT2D eigenvalue weighted by molar-refractivity contribution is -0.167. The molecule has 6 heteroatoms. The van der Waals surface area contributed by atoms with E-state index in [-0.39, 0.29) is 31.1 Å². The molecule has 0 aliphatic heterocycles. The molecule has 0 saturated carbocycles. The molecule has 374 valence electrons. The summed E-state index contributed by atoms with van der Waals surface area (Å²) in [6.45, 7) is 6.44. The first-order valence-corrected chi connectivity index (χ1v) is 27.4. The SMILES string of the molecule is CC/C=C\C/C=C\C/C=C\C/C=C\C/C=C\C/C=C\CCCCCCCCC(=O)OCC(COC(=O)CCCCCCC)OC(=O)CCCCCCCCCCCCCCCCCCC. The highest BCUT2D eigenvalue weighted by Crippen LogP contribution is 2.16. The minimum atomic E-state index is -0.776. The minimum absolute atomic E-state index is 0.0789. The van der Waals surface area contributed by atoms with E-state index in [9.17, 15) is 14.4 Å². The molecule has 0 amide bonds. The van der Waals surface area contributed by atoms with Crippen LogP contribution in [-0.4, -0.2) is 37.2 Å². The van der Waals surface area contributed by atoms with E-state index in [1.807, 2.05) is 0 Å². The van der Waals surface area contributed by atoms with E-state index in [0.717, 1.165) is 109 Å². The number of hydrogen-bond donors (Lipinski definition) is 0. The number of hydrogen-bond acceptors (Lipinski definition) is 6. The van der Waals surface area contributed by atoms with Gasteiger partial charge in [-0.25, -0.2) is 0 Å². The summed E-state index contributed by atoms with van der Waals surface area (Å²) < 4.78 is 16.7. The Hall–Kier alpha value is -3.15. The molecule has 0 aliphatic carbocycles. The van der Waals surface area contributed by atoms with Gasteiger partial charge in [-0.2, -0.15) is 0 Å². The second-order valence-electron chi connectivity index (χ2n) is 18.1. The van der Waals surface area contributed by atoms with Crippen LogP contribution < -0.4 is 0 Å². The number of rotatable bonds is 49. The highest BCUT2D eigenvalue weighted by molar-refractivity contribution is 5.71. The molecule has 0 saturated heterocycles. The number of esters is 3. The Bertz CT molecular complexity index is 1230. The van der Waals surface area contributed by atoms with E-state index >= 15 is 0 Å². The second-order valence-corrected chi connectivity index (χ2v) is 18.1. The lowest BCUT2D eigenvalue weighted by atomic mass is 10.0. The van der Waals surface area contributed by atoms with Crippen molar-refractivity contribution in [1.82, 2.24) is 0 Å². The third-order valence-electron chi connectivity index (χ3n) is 11.7. The summed E-state index contributed by atoms with van der Waals surface area (Å²) in [6, 6.07) is 0. The molecular weight excluding hydrogens is 805 g/mol. The second kappa shape index (κ2) is 53.5. The van der Waals surface area contributed by atoms with Gasteiger partial charge in [0.15, 0.2) is 6.10 Å².